The molecule has 3 aromatic rings. The number of rotatable bonds is 5. The standard InChI is InChI=1S/C16H14N4O2S/c1-10-12(16(18)21)7-14(13-9-23-15(19-13)4-5-17)20(10)8-11-3-2-6-22-11/h2-3,6-7,9H,4,8H2,1H3,(H2,18,21). The zero-order valence-electron chi connectivity index (χ0n) is 12.4. The first-order valence-corrected chi connectivity index (χ1v) is 7.82. The van der Waals surface area contributed by atoms with Crippen LogP contribution in [0.1, 0.15) is 26.8 Å². The van der Waals surface area contributed by atoms with Crippen LogP contribution in [0.5, 0.6) is 0 Å². The van der Waals surface area contributed by atoms with Crippen molar-refractivity contribution in [2.45, 2.75) is 19.9 Å². The summed E-state index contributed by atoms with van der Waals surface area (Å²) in [5.74, 6) is 0.294. The number of nitrogens with two attached hydrogens (primary N) is 1. The zero-order valence-corrected chi connectivity index (χ0v) is 13.3. The first-order chi connectivity index (χ1) is 11.1. The summed E-state index contributed by atoms with van der Waals surface area (Å²) in [5, 5.41) is 11.4. The van der Waals surface area contributed by atoms with Crippen molar-refractivity contribution < 1.29 is 9.21 Å². The van der Waals surface area contributed by atoms with E-state index in [1.165, 1.54) is 11.3 Å². The summed E-state index contributed by atoms with van der Waals surface area (Å²) < 4.78 is 7.35. The molecule has 0 unspecified atom stereocenters. The summed E-state index contributed by atoms with van der Waals surface area (Å²) in [5.41, 5.74) is 8.20. The number of thiazole rings is 1. The Labute approximate surface area is 136 Å². The zero-order chi connectivity index (χ0) is 16.4. The van der Waals surface area contributed by atoms with Gasteiger partial charge < -0.3 is 14.7 Å². The van der Waals surface area contributed by atoms with Gasteiger partial charge in [0.1, 0.15) is 10.8 Å². The topological polar surface area (TPSA) is 97.8 Å². The molecule has 23 heavy (non-hydrogen) atoms. The number of hydrogen-bond donors (Lipinski definition) is 1. The monoisotopic (exact) mass is 326 g/mol. The molecule has 0 saturated heterocycles. The molecule has 3 heterocycles. The Balaban J connectivity index is 2.08. The van der Waals surface area contributed by atoms with Gasteiger partial charge in [-0.2, -0.15) is 5.26 Å². The molecule has 0 aromatic carbocycles. The lowest BCUT2D eigenvalue weighted by Gasteiger charge is -2.08. The van der Waals surface area contributed by atoms with E-state index in [1.807, 2.05) is 29.0 Å². The Morgan fingerprint density at radius 1 is 1.57 bits per heavy atom. The van der Waals surface area contributed by atoms with Gasteiger partial charge >= 0.3 is 0 Å². The van der Waals surface area contributed by atoms with E-state index >= 15 is 0 Å². The SMILES string of the molecule is Cc1c(C(N)=O)cc(-c2csc(CC#N)n2)n1Cc1ccco1. The molecule has 2 N–H and O–H groups in total. The minimum absolute atomic E-state index is 0.269. The number of nitrogens with zero attached hydrogens (tertiary/aromatic N) is 3. The predicted octanol–water partition coefficient (Wildman–Crippen LogP) is 2.73. The lowest BCUT2D eigenvalue weighted by molar-refractivity contribution is 0.0999. The molecule has 0 atom stereocenters. The van der Waals surface area contributed by atoms with Crippen molar-refractivity contribution in [1.82, 2.24) is 9.55 Å². The quantitative estimate of drug-likeness (QED) is 0.779. The molecule has 3 rings (SSSR count). The highest BCUT2D eigenvalue weighted by Crippen LogP contribution is 2.28. The number of primary amides is 1. The van der Waals surface area contributed by atoms with Crippen LogP contribution in [0.4, 0.5) is 0 Å². The number of carbonyl (C=O) groups is 1. The van der Waals surface area contributed by atoms with Crippen molar-refractivity contribution >= 4 is 17.2 Å². The molecule has 1 amide bonds. The third kappa shape index (κ3) is 2.89. The van der Waals surface area contributed by atoms with Gasteiger partial charge in [0.05, 0.1) is 42.2 Å². The molecule has 0 spiro atoms. The summed E-state index contributed by atoms with van der Waals surface area (Å²) in [6.45, 7) is 2.32. The largest absolute Gasteiger partial charge is 0.467 e. The molecule has 3 aromatic heterocycles. The third-order valence-electron chi connectivity index (χ3n) is 3.57. The van der Waals surface area contributed by atoms with Crippen LogP contribution in [0.15, 0.2) is 34.3 Å². The van der Waals surface area contributed by atoms with Gasteiger partial charge in [0, 0.05) is 11.1 Å². The van der Waals surface area contributed by atoms with Crippen LogP contribution in [0.3, 0.4) is 0 Å². The van der Waals surface area contributed by atoms with Crippen LogP contribution in [-0.4, -0.2) is 15.5 Å². The Bertz CT molecular complexity index is 884. The lowest BCUT2D eigenvalue weighted by atomic mass is 10.2. The number of nitriles is 1. The maximum absolute atomic E-state index is 11.7. The average molecular weight is 326 g/mol. The van der Waals surface area contributed by atoms with Gasteiger partial charge in [-0.15, -0.1) is 11.3 Å². The van der Waals surface area contributed by atoms with E-state index in [1.54, 1.807) is 12.3 Å². The fourth-order valence-electron chi connectivity index (χ4n) is 2.45. The van der Waals surface area contributed by atoms with Crippen molar-refractivity contribution in [3.63, 3.8) is 0 Å². The van der Waals surface area contributed by atoms with Crippen LogP contribution < -0.4 is 5.73 Å². The minimum atomic E-state index is -0.477. The second-order valence-corrected chi connectivity index (χ2v) is 5.96. The smallest absolute Gasteiger partial charge is 0.250 e. The summed E-state index contributed by atoms with van der Waals surface area (Å²) in [4.78, 5) is 16.1. The van der Waals surface area contributed by atoms with E-state index in [9.17, 15) is 4.79 Å². The fraction of sp³-hybridized carbons (Fsp3) is 0.188. The second-order valence-electron chi connectivity index (χ2n) is 5.02. The summed E-state index contributed by atoms with van der Waals surface area (Å²) in [7, 11) is 0. The van der Waals surface area contributed by atoms with Gasteiger partial charge in [-0.25, -0.2) is 4.98 Å². The number of amides is 1. The average Bonchev–Trinajstić information content (AvgIpc) is 3.22. The molecular weight excluding hydrogens is 312 g/mol. The minimum Gasteiger partial charge on any atom is -0.467 e. The van der Waals surface area contributed by atoms with Crippen LogP contribution in [0.25, 0.3) is 11.4 Å². The van der Waals surface area contributed by atoms with Gasteiger partial charge in [0.25, 0.3) is 5.91 Å². The number of furan rings is 1. The Morgan fingerprint density at radius 2 is 2.39 bits per heavy atom. The summed E-state index contributed by atoms with van der Waals surface area (Å²) in [6, 6.07) is 7.51. The van der Waals surface area contributed by atoms with Crippen molar-refractivity contribution in [2.75, 3.05) is 0 Å². The van der Waals surface area contributed by atoms with Gasteiger partial charge in [-0.1, -0.05) is 0 Å². The number of carbonyl (C=O) groups excluding carboxylic acids is 1. The van der Waals surface area contributed by atoms with Crippen molar-refractivity contribution in [1.29, 1.82) is 5.26 Å². The van der Waals surface area contributed by atoms with Crippen LogP contribution >= 0.6 is 11.3 Å². The molecule has 0 fully saturated rings. The van der Waals surface area contributed by atoms with Gasteiger partial charge in [-0.3, -0.25) is 4.79 Å². The third-order valence-corrected chi connectivity index (χ3v) is 4.42. The van der Waals surface area contributed by atoms with Gasteiger partial charge in [0.2, 0.25) is 0 Å². The molecule has 0 aliphatic rings. The summed E-state index contributed by atoms with van der Waals surface area (Å²) in [6.07, 6.45) is 1.88. The molecule has 0 saturated carbocycles. The van der Waals surface area contributed by atoms with E-state index in [4.69, 9.17) is 15.4 Å². The highest BCUT2D eigenvalue weighted by Gasteiger charge is 2.19. The Morgan fingerprint density at radius 3 is 3.04 bits per heavy atom. The van der Waals surface area contributed by atoms with Crippen LogP contribution in [0.2, 0.25) is 0 Å². The first-order valence-electron chi connectivity index (χ1n) is 6.94. The van der Waals surface area contributed by atoms with Crippen molar-refractivity contribution in [2.24, 2.45) is 5.73 Å². The Kier molecular flexibility index (Phi) is 4.00. The first kappa shape index (κ1) is 15.1. The summed E-state index contributed by atoms with van der Waals surface area (Å²) >= 11 is 1.42. The van der Waals surface area contributed by atoms with Gasteiger partial charge in [-0.05, 0) is 25.1 Å². The highest BCUT2D eigenvalue weighted by molar-refractivity contribution is 7.10. The van der Waals surface area contributed by atoms with Crippen molar-refractivity contribution in [3.05, 3.63) is 51.9 Å². The molecule has 116 valence electrons. The van der Waals surface area contributed by atoms with Crippen molar-refractivity contribution in [3.8, 4) is 17.5 Å². The lowest BCUT2D eigenvalue weighted by Crippen LogP contribution is -2.12. The van der Waals surface area contributed by atoms with E-state index in [0.29, 0.717) is 12.1 Å². The predicted molar refractivity (Wildman–Crippen MR) is 85.9 cm³/mol. The molecule has 6 nitrogen and oxygen atoms in total. The number of hydrogen-bond acceptors (Lipinski definition) is 5. The highest BCUT2D eigenvalue weighted by atomic mass is 32.1. The molecule has 0 aliphatic heterocycles. The number of aromatic nitrogens is 2. The van der Waals surface area contributed by atoms with Crippen LogP contribution in [0, 0.1) is 18.3 Å². The Hall–Kier alpha value is -2.85. The van der Waals surface area contributed by atoms with E-state index in [2.05, 4.69) is 11.1 Å². The van der Waals surface area contributed by atoms with E-state index in [-0.39, 0.29) is 6.42 Å². The molecular formula is C16H14N4O2S. The van der Waals surface area contributed by atoms with E-state index < -0.39 is 5.91 Å². The molecule has 7 heteroatoms. The fourth-order valence-corrected chi connectivity index (χ4v) is 3.17. The maximum Gasteiger partial charge on any atom is 0.250 e. The molecule has 0 bridgehead atoms. The molecule has 0 aliphatic carbocycles. The normalized spacial score (nSPS) is 10.6. The van der Waals surface area contributed by atoms with Crippen LogP contribution in [-0.2, 0) is 13.0 Å². The van der Waals surface area contributed by atoms with Gasteiger partial charge in [0.15, 0.2) is 0 Å². The molecule has 0 radical (unpaired) electrons. The maximum atomic E-state index is 11.7. The second kappa shape index (κ2) is 6.10. The van der Waals surface area contributed by atoms with E-state index in [0.717, 1.165) is 27.8 Å².